The monoisotopic (exact) mass is 569 g/mol. The van der Waals surface area contributed by atoms with Crippen LogP contribution in [0.1, 0.15) is 25.3 Å². The van der Waals surface area contributed by atoms with Crippen LogP contribution < -0.4 is 0 Å². The van der Waals surface area contributed by atoms with E-state index >= 15 is 0 Å². The topological polar surface area (TPSA) is 132 Å². The van der Waals surface area contributed by atoms with Crippen molar-refractivity contribution in [2.75, 3.05) is 39.6 Å². The molecule has 0 saturated carbocycles. The lowest BCUT2D eigenvalue weighted by molar-refractivity contribution is -0.217. The van der Waals surface area contributed by atoms with Crippen molar-refractivity contribution < 1.29 is 43.5 Å². The zero-order valence-electron chi connectivity index (χ0n) is 20.1. The van der Waals surface area contributed by atoms with Gasteiger partial charge in [0.1, 0.15) is 12.7 Å². The van der Waals surface area contributed by atoms with Gasteiger partial charge in [-0.15, -0.1) is 0 Å². The number of hydrogen-bond donors (Lipinski definition) is 2. The summed E-state index contributed by atoms with van der Waals surface area (Å²) in [7, 11) is 0. The smallest absolute Gasteiger partial charge is 0.416 e. The molecule has 198 valence electrons. The van der Waals surface area contributed by atoms with Crippen molar-refractivity contribution >= 4 is 33.7 Å². The third-order valence-electron chi connectivity index (χ3n) is 6.01. The van der Waals surface area contributed by atoms with Gasteiger partial charge in [0, 0.05) is 13.0 Å². The Morgan fingerprint density at radius 3 is 2.58 bits per heavy atom. The Hall–Kier alpha value is -2.15. The number of benzene rings is 1. The fourth-order valence-corrected chi connectivity index (χ4v) is 4.60. The van der Waals surface area contributed by atoms with E-state index in [0.29, 0.717) is 32.7 Å². The highest BCUT2D eigenvalue weighted by atomic mass is 79.9. The number of carbonyl (C=O) groups excluding carboxylic acids is 3. The molecule has 10 nitrogen and oxygen atoms in total. The molecule has 0 bridgehead atoms. The van der Waals surface area contributed by atoms with E-state index in [4.69, 9.17) is 24.1 Å². The molecular weight excluding hydrogens is 538 g/mol. The van der Waals surface area contributed by atoms with Crippen LogP contribution in [0.4, 0.5) is 4.79 Å². The van der Waals surface area contributed by atoms with E-state index in [2.05, 4.69) is 15.9 Å². The number of aliphatic hydroxyl groups is 2. The molecule has 0 aromatic heterocycles. The summed E-state index contributed by atoms with van der Waals surface area (Å²) in [5.74, 6) is -3.95. The number of nitrogens with zero attached hydrogens (tertiary/aromatic N) is 1. The summed E-state index contributed by atoms with van der Waals surface area (Å²) in [6.45, 7) is 2.72. The van der Waals surface area contributed by atoms with Crippen LogP contribution in [0.2, 0.25) is 0 Å². The molecule has 1 fully saturated rings. The van der Waals surface area contributed by atoms with E-state index in [0.717, 1.165) is 10.5 Å². The summed E-state index contributed by atoms with van der Waals surface area (Å²) < 4.78 is 21.6. The highest BCUT2D eigenvalue weighted by molar-refractivity contribution is 9.11. The summed E-state index contributed by atoms with van der Waals surface area (Å²) in [5, 5.41) is 19.8. The standard InChI is InChI=1S/C25H32BrNO9/c1-17(23(30)27-19(16-35-24(27)31)14-18-6-3-2-4-7-18)22-20(29)15-21(26)25(32,36-22)8-5-10-33-12-13-34-11-9-28/h2-4,6-7,15,17,19,22,28,32H,5,8-14,16H2,1H3/t17-,19-,22+,25+/m0/s1. The lowest BCUT2D eigenvalue weighted by Crippen LogP contribution is -2.52. The Bertz CT molecular complexity index is 941. The molecule has 0 spiro atoms. The van der Waals surface area contributed by atoms with Crippen LogP contribution in [0.25, 0.3) is 0 Å². The fraction of sp³-hybridized carbons (Fsp3) is 0.560. The highest BCUT2D eigenvalue weighted by Crippen LogP contribution is 2.36. The van der Waals surface area contributed by atoms with Crippen molar-refractivity contribution in [3.8, 4) is 0 Å². The summed E-state index contributed by atoms with van der Waals surface area (Å²) in [5.41, 5.74) is 0.944. The average Bonchev–Trinajstić information content (AvgIpc) is 3.22. The Labute approximate surface area is 218 Å². The Morgan fingerprint density at radius 1 is 1.19 bits per heavy atom. The van der Waals surface area contributed by atoms with E-state index in [1.165, 1.54) is 13.0 Å². The first kappa shape index (κ1) is 28.4. The zero-order valence-corrected chi connectivity index (χ0v) is 21.7. The number of imide groups is 1. The first-order valence-electron chi connectivity index (χ1n) is 11.9. The van der Waals surface area contributed by atoms with Crippen LogP contribution in [-0.4, -0.2) is 90.5 Å². The molecule has 2 heterocycles. The van der Waals surface area contributed by atoms with Crippen LogP contribution >= 0.6 is 15.9 Å². The van der Waals surface area contributed by atoms with Gasteiger partial charge in [-0.3, -0.25) is 9.59 Å². The second-order valence-corrected chi connectivity index (χ2v) is 9.54. The van der Waals surface area contributed by atoms with Gasteiger partial charge in [0.15, 0.2) is 11.6 Å². The number of hydrogen-bond acceptors (Lipinski definition) is 9. The predicted octanol–water partition coefficient (Wildman–Crippen LogP) is 1.95. The van der Waals surface area contributed by atoms with Crippen LogP contribution in [-0.2, 0) is 35.0 Å². The number of ketones is 1. The molecular formula is C25H32BrNO9. The fourth-order valence-electron chi connectivity index (χ4n) is 4.09. The summed E-state index contributed by atoms with van der Waals surface area (Å²) in [6, 6.07) is 8.92. The third-order valence-corrected chi connectivity index (χ3v) is 6.86. The van der Waals surface area contributed by atoms with E-state index in [9.17, 15) is 19.5 Å². The van der Waals surface area contributed by atoms with E-state index in [-0.39, 0.29) is 30.7 Å². The number of ether oxygens (including phenoxy) is 4. The SMILES string of the molecule is C[C@H](C(=O)N1C(=O)OC[C@@H]1Cc1ccccc1)[C@H]1O[C@](O)(CCCOCCOCCO)C(Br)=CC1=O. The first-order chi connectivity index (χ1) is 17.3. The third kappa shape index (κ3) is 7.21. The van der Waals surface area contributed by atoms with Gasteiger partial charge in [0.25, 0.3) is 0 Å². The molecule has 0 unspecified atom stereocenters. The minimum atomic E-state index is -1.82. The maximum Gasteiger partial charge on any atom is 0.416 e. The van der Waals surface area contributed by atoms with Crippen molar-refractivity contribution in [2.24, 2.45) is 5.92 Å². The molecule has 3 rings (SSSR count). The van der Waals surface area contributed by atoms with Crippen molar-refractivity contribution in [1.82, 2.24) is 4.90 Å². The lowest BCUT2D eigenvalue weighted by Gasteiger charge is -2.37. The van der Waals surface area contributed by atoms with Crippen molar-refractivity contribution in [3.05, 3.63) is 46.5 Å². The second kappa shape index (κ2) is 13.4. The molecule has 11 heteroatoms. The average molecular weight is 570 g/mol. The summed E-state index contributed by atoms with van der Waals surface area (Å²) in [4.78, 5) is 39.5. The molecule has 1 aromatic carbocycles. The zero-order chi connectivity index (χ0) is 26.1. The van der Waals surface area contributed by atoms with E-state index < -0.39 is 41.6 Å². The molecule has 2 aliphatic heterocycles. The van der Waals surface area contributed by atoms with Crippen LogP contribution in [0.3, 0.4) is 0 Å². The molecule has 4 atom stereocenters. The molecule has 36 heavy (non-hydrogen) atoms. The van der Waals surface area contributed by atoms with Gasteiger partial charge in [-0.05, 0) is 40.4 Å². The largest absolute Gasteiger partial charge is 0.447 e. The highest BCUT2D eigenvalue weighted by Gasteiger charge is 2.48. The molecule has 1 aromatic rings. The van der Waals surface area contributed by atoms with Gasteiger partial charge >= 0.3 is 6.09 Å². The number of amides is 2. The number of halogens is 1. The Morgan fingerprint density at radius 2 is 1.89 bits per heavy atom. The summed E-state index contributed by atoms with van der Waals surface area (Å²) in [6.07, 6.45) is 0.107. The Balaban J connectivity index is 1.60. The number of aliphatic hydroxyl groups excluding tert-OH is 1. The quantitative estimate of drug-likeness (QED) is 0.342. The van der Waals surface area contributed by atoms with E-state index in [1.54, 1.807) is 0 Å². The number of rotatable bonds is 13. The second-order valence-electron chi connectivity index (χ2n) is 8.69. The summed E-state index contributed by atoms with van der Waals surface area (Å²) >= 11 is 3.21. The van der Waals surface area contributed by atoms with Crippen LogP contribution in [0, 0.1) is 5.92 Å². The molecule has 2 aliphatic rings. The van der Waals surface area contributed by atoms with Crippen molar-refractivity contribution in [3.63, 3.8) is 0 Å². The molecule has 0 radical (unpaired) electrons. The first-order valence-corrected chi connectivity index (χ1v) is 12.7. The minimum Gasteiger partial charge on any atom is -0.447 e. The maximum atomic E-state index is 13.3. The minimum absolute atomic E-state index is 0.0574. The van der Waals surface area contributed by atoms with Crippen LogP contribution in [0.15, 0.2) is 40.9 Å². The number of cyclic esters (lactones) is 1. The van der Waals surface area contributed by atoms with Gasteiger partial charge in [-0.25, -0.2) is 9.69 Å². The lowest BCUT2D eigenvalue weighted by atomic mass is 9.93. The van der Waals surface area contributed by atoms with Crippen LogP contribution in [0.5, 0.6) is 0 Å². The maximum absolute atomic E-state index is 13.3. The van der Waals surface area contributed by atoms with Gasteiger partial charge in [0.2, 0.25) is 5.91 Å². The molecule has 2 N–H and O–H groups in total. The van der Waals surface area contributed by atoms with Gasteiger partial charge in [0.05, 0.1) is 42.9 Å². The molecule has 0 aliphatic carbocycles. The van der Waals surface area contributed by atoms with Crippen molar-refractivity contribution in [1.29, 1.82) is 0 Å². The van der Waals surface area contributed by atoms with E-state index in [1.807, 2.05) is 30.3 Å². The van der Waals surface area contributed by atoms with Crippen molar-refractivity contribution in [2.45, 2.75) is 44.1 Å². The molecule has 2 amide bonds. The Kier molecular flexibility index (Phi) is 10.6. The van der Waals surface area contributed by atoms with Gasteiger partial charge < -0.3 is 29.2 Å². The number of carbonyl (C=O) groups is 3. The van der Waals surface area contributed by atoms with Gasteiger partial charge in [-0.2, -0.15) is 0 Å². The molecule has 1 saturated heterocycles. The predicted molar refractivity (Wildman–Crippen MR) is 131 cm³/mol. The normalized spacial score (nSPS) is 25.0. The van der Waals surface area contributed by atoms with Gasteiger partial charge in [-0.1, -0.05) is 37.3 Å².